The van der Waals surface area contributed by atoms with Gasteiger partial charge in [-0.15, -0.1) is 0 Å². The number of hydrogen-bond donors (Lipinski definition) is 1. The normalized spacial score (nSPS) is 10.8. The van der Waals surface area contributed by atoms with E-state index < -0.39 is 0 Å². The summed E-state index contributed by atoms with van der Waals surface area (Å²) < 4.78 is 0. The number of aryl methyl sites for hydroxylation is 3. The SMILES string of the molecule is Cc1cc(C)c(C(=O)NCCCN(C)C)c(C)c1. The molecule has 100 valence electrons. The van der Waals surface area contributed by atoms with Crippen molar-refractivity contribution in [2.24, 2.45) is 0 Å². The molecule has 0 aliphatic carbocycles. The Kier molecular flexibility index (Phi) is 5.35. The zero-order valence-electron chi connectivity index (χ0n) is 12.1. The molecule has 0 bridgehead atoms. The van der Waals surface area contributed by atoms with Crippen LogP contribution in [-0.4, -0.2) is 38.0 Å². The minimum absolute atomic E-state index is 0.0451. The molecule has 0 heterocycles. The van der Waals surface area contributed by atoms with Gasteiger partial charge in [0.1, 0.15) is 0 Å². The van der Waals surface area contributed by atoms with Crippen LogP contribution >= 0.6 is 0 Å². The Morgan fingerprint density at radius 3 is 2.22 bits per heavy atom. The zero-order chi connectivity index (χ0) is 13.7. The molecular weight excluding hydrogens is 224 g/mol. The van der Waals surface area contributed by atoms with Crippen LogP contribution < -0.4 is 5.32 Å². The van der Waals surface area contributed by atoms with Crippen LogP contribution in [0.3, 0.4) is 0 Å². The second kappa shape index (κ2) is 6.55. The fourth-order valence-electron chi connectivity index (χ4n) is 2.22. The van der Waals surface area contributed by atoms with E-state index in [1.807, 2.05) is 27.9 Å². The highest BCUT2D eigenvalue weighted by Gasteiger charge is 2.11. The van der Waals surface area contributed by atoms with Gasteiger partial charge in [0.2, 0.25) is 0 Å². The van der Waals surface area contributed by atoms with Crippen LogP contribution in [0.25, 0.3) is 0 Å². The van der Waals surface area contributed by atoms with E-state index in [1.54, 1.807) is 0 Å². The first-order chi connectivity index (χ1) is 8.41. The lowest BCUT2D eigenvalue weighted by Gasteiger charge is -2.13. The largest absolute Gasteiger partial charge is 0.352 e. The number of benzene rings is 1. The average Bonchev–Trinajstić information content (AvgIpc) is 2.22. The monoisotopic (exact) mass is 248 g/mol. The third kappa shape index (κ3) is 4.15. The van der Waals surface area contributed by atoms with Gasteiger partial charge in [-0.3, -0.25) is 4.79 Å². The van der Waals surface area contributed by atoms with Crippen molar-refractivity contribution in [1.82, 2.24) is 10.2 Å². The highest BCUT2D eigenvalue weighted by Crippen LogP contribution is 2.16. The Labute approximate surface area is 110 Å². The Bertz CT molecular complexity index is 401. The van der Waals surface area contributed by atoms with Gasteiger partial charge in [0.05, 0.1) is 0 Å². The van der Waals surface area contributed by atoms with Gasteiger partial charge in [-0.25, -0.2) is 0 Å². The van der Waals surface area contributed by atoms with Crippen molar-refractivity contribution >= 4 is 5.91 Å². The van der Waals surface area contributed by atoms with Crippen LogP contribution in [0.5, 0.6) is 0 Å². The number of carbonyl (C=O) groups excluding carboxylic acids is 1. The quantitative estimate of drug-likeness (QED) is 0.811. The molecule has 0 aliphatic rings. The Morgan fingerprint density at radius 1 is 1.17 bits per heavy atom. The third-order valence-corrected chi connectivity index (χ3v) is 2.97. The molecule has 0 unspecified atom stereocenters. The summed E-state index contributed by atoms with van der Waals surface area (Å²) in [6, 6.07) is 4.11. The van der Waals surface area contributed by atoms with Gasteiger partial charge >= 0.3 is 0 Å². The molecule has 18 heavy (non-hydrogen) atoms. The average molecular weight is 248 g/mol. The van der Waals surface area contributed by atoms with Gasteiger partial charge in [0, 0.05) is 12.1 Å². The highest BCUT2D eigenvalue weighted by atomic mass is 16.1. The Balaban J connectivity index is 2.62. The number of hydrogen-bond acceptors (Lipinski definition) is 2. The Hall–Kier alpha value is -1.35. The number of amides is 1. The van der Waals surface area contributed by atoms with Crippen molar-refractivity contribution < 1.29 is 4.79 Å². The van der Waals surface area contributed by atoms with E-state index in [0.29, 0.717) is 0 Å². The maximum atomic E-state index is 12.1. The lowest BCUT2D eigenvalue weighted by molar-refractivity contribution is 0.0951. The third-order valence-electron chi connectivity index (χ3n) is 2.97. The molecule has 3 heteroatoms. The summed E-state index contributed by atoms with van der Waals surface area (Å²) in [5.74, 6) is 0.0451. The van der Waals surface area contributed by atoms with Crippen molar-refractivity contribution in [2.45, 2.75) is 27.2 Å². The van der Waals surface area contributed by atoms with E-state index in [9.17, 15) is 4.79 Å². The van der Waals surface area contributed by atoms with E-state index in [4.69, 9.17) is 0 Å². The maximum absolute atomic E-state index is 12.1. The van der Waals surface area contributed by atoms with Crippen molar-refractivity contribution in [3.05, 3.63) is 34.4 Å². The summed E-state index contributed by atoms with van der Waals surface area (Å²) in [6.07, 6.45) is 0.975. The van der Waals surface area contributed by atoms with Crippen LogP contribution in [-0.2, 0) is 0 Å². The fraction of sp³-hybridized carbons (Fsp3) is 0.533. The van der Waals surface area contributed by atoms with Gasteiger partial charge in [-0.05, 0) is 59.0 Å². The molecule has 0 aromatic heterocycles. The van der Waals surface area contributed by atoms with E-state index in [2.05, 4.69) is 29.3 Å². The minimum atomic E-state index is 0.0451. The van der Waals surface area contributed by atoms with Crippen molar-refractivity contribution in [3.63, 3.8) is 0 Å². The molecule has 0 atom stereocenters. The summed E-state index contributed by atoms with van der Waals surface area (Å²) in [5.41, 5.74) is 4.13. The molecule has 0 saturated heterocycles. The maximum Gasteiger partial charge on any atom is 0.251 e. The fourth-order valence-corrected chi connectivity index (χ4v) is 2.22. The predicted molar refractivity (Wildman–Crippen MR) is 76.2 cm³/mol. The van der Waals surface area contributed by atoms with Gasteiger partial charge in [-0.2, -0.15) is 0 Å². The zero-order valence-corrected chi connectivity index (χ0v) is 12.1. The van der Waals surface area contributed by atoms with E-state index in [1.165, 1.54) is 5.56 Å². The predicted octanol–water partition coefficient (Wildman–Crippen LogP) is 2.29. The number of nitrogens with zero attached hydrogens (tertiary/aromatic N) is 1. The number of carbonyl (C=O) groups is 1. The molecule has 1 aromatic carbocycles. The van der Waals surface area contributed by atoms with Crippen LogP contribution in [0.1, 0.15) is 33.5 Å². The summed E-state index contributed by atoms with van der Waals surface area (Å²) in [6.45, 7) is 7.76. The second-order valence-corrected chi connectivity index (χ2v) is 5.19. The highest BCUT2D eigenvalue weighted by molar-refractivity contribution is 5.97. The minimum Gasteiger partial charge on any atom is -0.352 e. The first kappa shape index (κ1) is 14.7. The molecule has 1 amide bonds. The first-order valence-electron chi connectivity index (χ1n) is 6.42. The molecule has 1 rings (SSSR count). The lowest BCUT2D eigenvalue weighted by atomic mass is 9.99. The molecule has 0 aliphatic heterocycles. The standard InChI is InChI=1S/C15H24N2O/c1-11-9-12(2)14(13(3)10-11)15(18)16-7-6-8-17(4)5/h9-10H,6-8H2,1-5H3,(H,16,18). The van der Waals surface area contributed by atoms with Crippen molar-refractivity contribution in [1.29, 1.82) is 0 Å². The smallest absolute Gasteiger partial charge is 0.251 e. The Morgan fingerprint density at radius 2 is 1.72 bits per heavy atom. The van der Waals surface area contributed by atoms with Gasteiger partial charge in [0.15, 0.2) is 0 Å². The molecule has 1 N–H and O–H groups in total. The molecule has 0 radical (unpaired) electrons. The van der Waals surface area contributed by atoms with E-state index >= 15 is 0 Å². The van der Waals surface area contributed by atoms with E-state index in [0.717, 1.165) is 36.2 Å². The first-order valence-corrected chi connectivity index (χ1v) is 6.42. The van der Waals surface area contributed by atoms with Crippen LogP contribution in [0.15, 0.2) is 12.1 Å². The molecule has 3 nitrogen and oxygen atoms in total. The lowest BCUT2D eigenvalue weighted by Crippen LogP contribution is -2.28. The molecule has 0 fully saturated rings. The van der Waals surface area contributed by atoms with Gasteiger partial charge < -0.3 is 10.2 Å². The summed E-state index contributed by atoms with van der Waals surface area (Å²) in [7, 11) is 4.08. The van der Waals surface area contributed by atoms with Gasteiger partial charge in [0.25, 0.3) is 5.91 Å². The van der Waals surface area contributed by atoms with Crippen LogP contribution in [0, 0.1) is 20.8 Å². The van der Waals surface area contributed by atoms with Crippen LogP contribution in [0.2, 0.25) is 0 Å². The number of rotatable bonds is 5. The molecule has 0 saturated carbocycles. The topological polar surface area (TPSA) is 32.3 Å². The van der Waals surface area contributed by atoms with Gasteiger partial charge in [-0.1, -0.05) is 17.7 Å². The molecule has 0 spiro atoms. The summed E-state index contributed by atoms with van der Waals surface area (Å²) in [4.78, 5) is 14.2. The van der Waals surface area contributed by atoms with Crippen LogP contribution in [0.4, 0.5) is 0 Å². The second-order valence-electron chi connectivity index (χ2n) is 5.19. The van der Waals surface area contributed by atoms with E-state index in [-0.39, 0.29) is 5.91 Å². The summed E-state index contributed by atoms with van der Waals surface area (Å²) in [5, 5.41) is 2.99. The van der Waals surface area contributed by atoms with Crippen molar-refractivity contribution in [2.75, 3.05) is 27.2 Å². The molecular formula is C15H24N2O. The molecule has 1 aromatic rings. The van der Waals surface area contributed by atoms with Crippen molar-refractivity contribution in [3.8, 4) is 0 Å². The number of nitrogens with one attached hydrogen (secondary N) is 1. The summed E-state index contributed by atoms with van der Waals surface area (Å²) >= 11 is 0.